The van der Waals surface area contributed by atoms with Gasteiger partial charge in [0.2, 0.25) is 10.0 Å². The van der Waals surface area contributed by atoms with Gasteiger partial charge in [-0.05, 0) is 31.4 Å². The summed E-state index contributed by atoms with van der Waals surface area (Å²) in [5.74, 6) is 0.281. The summed E-state index contributed by atoms with van der Waals surface area (Å²) in [5.41, 5.74) is -0.350. The van der Waals surface area contributed by atoms with E-state index in [9.17, 15) is 18.5 Å². The number of nitro groups is 1. The summed E-state index contributed by atoms with van der Waals surface area (Å²) in [7, 11) is -3.88. The fourth-order valence-electron chi connectivity index (χ4n) is 3.70. The van der Waals surface area contributed by atoms with E-state index in [2.05, 4.69) is 5.32 Å². The van der Waals surface area contributed by atoms with Crippen molar-refractivity contribution in [1.82, 2.24) is 9.62 Å². The predicted molar refractivity (Wildman–Crippen MR) is 85.6 cm³/mol. The number of hydrogen-bond acceptors (Lipinski definition) is 5. The Hall–Kier alpha value is -1.51. The largest absolute Gasteiger partial charge is 0.315 e. The van der Waals surface area contributed by atoms with E-state index in [1.807, 2.05) is 0 Å². The number of para-hydroxylation sites is 1. The first-order valence-electron chi connectivity index (χ1n) is 7.98. The number of nitrogens with zero attached hydrogens (tertiary/aromatic N) is 2. The number of fused-ring (bicyclic) bond motifs is 1. The fraction of sp³-hybridized carbons (Fsp3) is 0.600. The van der Waals surface area contributed by atoms with Gasteiger partial charge in [-0.1, -0.05) is 25.0 Å². The summed E-state index contributed by atoms with van der Waals surface area (Å²) in [4.78, 5) is 10.4. The number of hydrogen-bond donors (Lipinski definition) is 1. The van der Waals surface area contributed by atoms with Crippen LogP contribution in [0.4, 0.5) is 5.69 Å². The normalized spacial score (nSPS) is 26.3. The number of sulfonamides is 1. The van der Waals surface area contributed by atoms with Crippen molar-refractivity contribution in [2.24, 2.45) is 5.92 Å². The van der Waals surface area contributed by atoms with Gasteiger partial charge in [-0.15, -0.1) is 0 Å². The van der Waals surface area contributed by atoms with Crippen LogP contribution in [0.2, 0.25) is 0 Å². The molecule has 7 nitrogen and oxygen atoms in total. The number of benzene rings is 1. The standard InChI is InChI=1S/C15H21N3O4S/c19-18(20)14-7-3-4-8-15(14)23(21,22)17-10-9-16-11-12-5-1-2-6-13(12)17/h3-4,7-8,12-13,16H,1-2,5-6,9-11H2. The molecule has 3 rings (SSSR count). The zero-order valence-electron chi connectivity index (χ0n) is 12.8. The first-order chi connectivity index (χ1) is 11.0. The summed E-state index contributed by atoms with van der Waals surface area (Å²) in [6.45, 7) is 1.75. The Kier molecular flexibility index (Phi) is 4.65. The number of nitro benzene ring substituents is 1. The summed E-state index contributed by atoms with van der Waals surface area (Å²) < 4.78 is 27.7. The van der Waals surface area contributed by atoms with E-state index in [4.69, 9.17) is 0 Å². The van der Waals surface area contributed by atoms with E-state index in [0.717, 1.165) is 32.2 Å². The van der Waals surface area contributed by atoms with Crippen LogP contribution >= 0.6 is 0 Å². The zero-order chi connectivity index (χ0) is 16.4. The molecule has 2 unspecified atom stereocenters. The lowest BCUT2D eigenvalue weighted by molar-refractivity contribution is -0.387. The van der Waals surface area contributed by atoms with Crippen molar-refractivity contribution in [3.8, 4) is 0 Å². The van der Waals surface area contributed by atoms with Crippen LogP contribution < -0.4 is 5.32 Å². The first kappa shape index (κ1) is 16.4. The molecule has 126 valence electrons. The van der Waals surface area contributed by atoms with Gasteiger partial charge in [0.1, 0.15) is 0 Å². The third-order valence-corrected chi connectivity index (χ3v) is 6.77. The van der Waals surface area contributed by atoms with Crippen molar-refractivity contribution in [3.63, 3.8) is 0 Å². The van der Waals surface area contributed by atoms with E-state index < -0.39 is 14.9 Å². The lowest BCUT2D eigenvalue weighted by Crippen LogP contribution is -2.46. The van der Waals surface area contributed by atoms with Crippen LogP contribution in [0.3, 0.4) is 0 Å². The van der Waals surface area contributed by atoms with Gasteiger partial charge < -0.3 is 5.32 Å². The van der Waals surface area contributed by atoms with E-state index in [-0.39, 0.29) is 22.5 Å². The van der Waals surface area contributed by atoms with Crippen LogP contribution in [0.1, 0.15) is 25.7 Å². The van der Waals surface area contributed by atoms with Crippen molar-refractivity contribution >= 4 is 15.7 Å². The van der Waals surface area contributed by atoms with Gasteiger partial charge in [0.25, 0.3) is 5.69 Å². The number of nitrogens with one attached hydrogen (secondary N) is 1. The average Bonchev–Trinajstić information content (AvgIpc) is 2.77. The first-order valence-corrected chi connectivity index (χ1v) is 9.42. The quantitative estimate of drug-likeness (QED) is 0.669. The Morgan fingerprint density at radius 3 is 2.74 bits per heavy atom. The molecule has 23 heavy (non-hydrogen) atoms. The molecule has 1 heterocycles. The van der Waals surface area contributed by atoms with Gasteiger partial charge in [0.15, 0.2) is 4.90 Å². The van der Waals surface area contributed by atoms with Crippen molar-refractivity contribution in [2.45, 2.75) is 36.6 Å². The molecule has 0 spiro atoms. The smallest absolute Gasteiger partial charge is 0.289 e. The summed E-state index contributed by atoms with van der Waals surface area (Å²) in [6, 6.07) is 5.55. The van der Waals surface area contributed by atoms with Gasteiger partial charge in [-0.3, -0.25) is 10.1 Å². The topological polar surface area (TPSA) is 92.5 Å². The van der Waals surface area contributed by atoms with Crippen molar-refractivity contribution < 1.29 is 13.3 Å². The van der Waals surface area contributed by atoms with Crippen molar-refractivity contribution in [2.75, 3.05) is 19.6 Å². The SMILES string of the molecule is O=[N+]([O-])c1ccccc1S(=O)(=O)N1CCNCC2CCCCC21. The Bertz CT molecular complexity index is 692. The second-order valence-electron chi connectivity index (χ2n) is 6.16. The molecule has 2 atom stereocenters. The van der Waals surface area contributed by atoms with Crippen LogP contribution in [-0.4, -0.2) is 43.3 Å². The minimum Gasteiger partial charge on any atom is -0.315 e. The van der Waals surface area contributed by atoms with Crippen LogP contribution in [-0.2, 0) is 10.0 Å². The highest BCUT2D eigenvalue weighted by Crippen LogP contribution is 2.34. The second-order valence-corrected chi connectivity index (χ2v) is 8.02. The van der Waals surface area contributed by atoms with E-state index in [1.165, 1.54) is 28.6 Å². The molecule has 8 heteroatoms. The lowest BCUT2D eigenvalue weighted by Gasteiger charge is -2.36. The Balaban J connectivity index is 2.02. The third-order valence-electron chi connectivity index (χ3n) is 4.80. The average molecular weight is 339 g/mol. The molecule has 1 N–H and O–H groups in total. The van der Waals surface area contributed by atoms with Gasteiger partial charge in [-0.25, -0.2) is 8.42 Å². The van der Waals surface area contributed by atoms with E-state index in [0.29, 0.717) is 13.1 Å². The maximum absolute atomic E-state index is 13.1. The Morgan fingerprint density at radius 1 is 1.22 bits per heavy atom. The molecule has 1 aliphatic carbocycles. The Morgan fingerprint density at radius 2 is 1.96 bits per heavy atom. The van der Waals surface area contributed by atoms with Crippen LogP contribution in [0, 0.1) is 16.0 Å². The molecule has 2 fully saturated rings. The maximum atomic E-state index is 13.1. The lowest BCUT2D eigenvalue weighted by atomic mass is 9.85. The number of rotatable bonds is 3. The molecule has 0 aromatic heterocycles. The molecule has 0 radical (unpaired) electrons. The molecule has 1 saturated heterocycles. The third kappa shape index (κ3) is 3.11. The summed E-state index contributed by atoms with van der Waals surface area (Å²) in [5, 5.41) is 14.5. The molecular weight excluding hydrogens is 318 g/mol. The molecule has 1 saturated carbocycles. The van der Waals surface area contributed by atoms with Gasteiger partial charge >= 0.3 is 0 Å². The van der Waals surface area contributed by atoms with E-state index >= 15 is 0 Å². The zero-order valence-corrected chi connectivity index (χ0v) is 13.7. The Labute approximate surface area is 135 Å². The molecular formula is C15H21N3O4S. The van der Waals surface area contributed by atoms with Gasteiger partial charge in [0, 0.05) is 25.2 Å². The highest BCUT2D eigenvalue weighted by molar-refractivity contribution is 7.89. The summed E-state index contributed by atoms with van der Waals surface area (Å²) >= 11 is 0. The molecule has 1 aromatic rings. The minimum absolute atomic E-state index is 0.0661. The molecule has 1 aliphatic heterocycles. The van der Waals surface area contributed by atoms with Crippen molar-refractivity contribution in [3.05, 3.63) is 34.4 Å². The van der Waals surface area contributed by atoms with E-state index in [1.54, 1.807) is 0 Å². The highest BCUT2D eigenvalue weighted by Gasteiger charge is 2.40. The van der Waals surface area contributed by atoms with Crippen LogP contribution in [0.15, 0.2) is 29.2 Å². The minimum atomic E-state index is -3.88. The van der Waals surface area contributed by atoms with Gasteiger partial charge in [0.05, 0.1) is 4.92 Å². The van der Waals surface area contributed by atoms with Crippen LogP contribution in [0.5, 0.6) is 0 Å². The molecule has 1 aromatic carbocycles. The molecule has 0 bridgehead atoms. The fourth-order valence-corrected chi connectivity index (χ4v) is 5.57. The molecule has 0 amide bonds. The summed E-state index contributed by atoms with van der Waals surface area (Å²) in [6.07, 6.45) is 3.94. The van der Waals surface area contributed by atoms with Crippen molar-refractivity contribution in [1.29, 1.82) is 0 Å². The predicted octanol–water partition coefficient (Wildman–Crippen LogP) is 1.75. The van der Waals surface area contributed by atoms with Gasteiger partial charge in [-0.2, -0.15) is 4.31 Å². The maximum Gasteiger partial charge on any atom is 0.289 e. The molecule has 2 aliphatic rings. The second kappa shape index (κ2) is 6.54. The van der Waals surface area contributed by atoms with Crippen LogP contribution in [0.25, 0.3) is 0 Å². The highest BCUT2D eigenvalue weighted by atomic mass is 32.2. The monoisotopic (exact) mass is 339 g/mol.